The van der Waals surface area contributed by atoms with E-state index in [4.69, 9.17) is 9.47 Å². The van der Waals surface area contributed by atoms with E-state index in [-0.39, 0.29) is 5.78 Å². The highest BCUT2D eigenvalue weighted by molar-refractivity contribution is 5.95. The standard InChI is InChI=1S/C21H19NO3/c1-10(23)11-2-4-17-15(6-11)14-7-12-8-16(14)20(22-17)13-3-5-18-21(19(12)13)25-9-24-18/h2-6,12,14,16,20,22H,7-9H2,1H3/t12-,14-,16-,20-/m0/s1. The quantitative estimate of drug-likeness (QED) is 0.787. The smallest absolute Gasteiger partial charge is 0.231 e. The van der Waals surface area contributed by atoms with E-state index in [1.165, 1.54) is 28.8 Å². The predicted octanol–water partition coefficient (Wildman–Crippen LogP) is 4.38. The van der Waals surface area contributed by atoms with Crippen molar-refractivity contribution in [2.24, 2.45) is 5.92 Å². The fraction of sp³-hybridized carbons (Fsp3) is 0.381. The summed E-state index contributed by atoms with van der Waals surface area (Å²) >= 11 is 0. The van der Waals surface area contributed by atoms with Crippen LogP contribution in [0.3, 0.4) is 0 Å². The summed E-state index contributed by atoms with van der Waals surface area (Å²) < 4.78 is 11.4. The minimum Gasteiger partial charge on any atom is -0.454 e. The first-order valence-corrected chi connectivity index (χ1v) is 9.04. The number of rotatable bonds is 1. The van der Waals surface area contributed by atoms with Gasteiger partial charge >= 0.3 is 0 Å². The summed E-state index contributed by atoms with van der Waals surface area (Å²) in [6.07, 6.45) is 2.31. The largest absolute Gasteiger partial charge is 0.454 e. The zero-order chi connectivity index (χ0) is 16.7. The molecule has 0 unspecified atom stereocenters. The average Bonchev–Trinajstić information content (AvgIpc) is 3.25. The Balaban J connectivity index is 1.52. The zero-order valence-corrected chi connectivity index (χ0v) is 14.0. The molecule has 6 rings (SSSR count). The number of carbonyl (C=O) groups excluding carboxylic acids is 1. The van der Waals surface area contributed by atoms with Gasteiger partial charge in [0.25, 0.3) is 0 Å². The Morgan fingerprint density at radius 3 is 2.92 bits per heavy atom. The van der Waals surface area contributed by atoms with Crippen molar-refractivity contribution in [2.75, 3.05) is 12.1 Å². The lowest BCUT2D eigenvalue weighted by Crippen LogP contribution is -2.31. The molecule has 2 heterocycles. The number of ketones is 1. The molecule has 0 aromatic heterocycles. The molecular formula is C21H19NO3. The Kier molecular flexibility index (Phi) is 2.51. The molecule has 4 atom stereocenters. The van der Waals surface area contributed by atoms with E-state index in [2.05, 4.69) is 29.6 Å². The number of ether oxygens (including phenoxy) is 2. The van der Waals surface area contributed by atoms with Gasteiger partial charge in [-0.2, -0.15) is 0 Å². The maximum Gasteiger partial charge on any atom is 0.231 e. The van der Waals surface area contributed by atoms with E-state index >= 15 is 0 Å². The lowest BCUT2D eigenvalue weighted by Gasteiger charge is -2.39. The summed E-state index contributed by atoms with van der Waals surface area (Å²) in [7, 11) is 0. The second-order valence-corrected chi connectivity index (χ2v) is 7.72. The molecule has 2 bridgehead atoms. The van der Waals surface area contributed by atoms with Crippen LogP contribution in [0.1, 0.15) is 64.7 Å². The van der Waals surface area contributed by atoms with Crippen LogP contribution in [0.5, 0.6) is 11.5 Å². The summed E-state index contributed by atoms with van der Waals surface area (Å²) in [6, 6.07) is 10.7. The van der Waals surface area contributed by atoms with Crippen molar-refractivity contribution < 1.29 is 14.3 Å². The highest BCUT2D eigenvalue weighted by atomic mass is 16.7. The van der Waals surface area contributed by atoms with Crippen molar-refractivity contribution in [1.29, 1.82) is 0 Å². The Morgan fingerprint density at radius 1 is 1.12 bits per heavy atom. The molecule has 1 fully saturated rings. The Bertz CT molecular complexity index is 935. The van der Waals surface area contributed by atoms with Gasteiger partial charge in [-0.25, -0.2) is 0 Å². The molecule has 2 aromatic rings. The number of hydrogen-bond donors (Lipinski definition) is 1. The SMILES string of the molecule is CC(=O)c1ccc2c(c1)[C@@H]1C[C@H]3C[C@@H]1[C@@H](N2)c1ccc2c(c13)OCO2. The zero-order valence-electron chi connectivity index (χ0n) is 14.0. The molecule has 2 aromatic carbocycles. The molecule has 1 N–H and O–H groups in total. The van der Waals surface area contributed by atoms with Gasteiger partial charge in [-0.15, -0.1) is 0 Å². The number of nitrogens with one attached hydrogen (secondary N) is 1. The monoisotopic (exact) mass is 333 g/mol. The van der Waals surface area contributed by atoms with Crippen molar-refractivity contribution in [2.45, 2.75) is 37.6 Å². The van der Waals surface area contributed by atoms with E-state index in [0.29, 0.717) is 30.6 Å². The maximum atomic E-state index is 11.8. The van der Waals surface area contributed by atoms with Crippen LogP contribution in [-0.4, -0.2) is 12.6 Å². The molecule has 4 aliphatic rings. The van der Waals surface area contributed by atoms with Gasteiger partial charge in [0.15, 0.2) is 17.3 Å². The fourth-order valence-electron chi connectivity index (χ4n) is 5.54. The number of carbonyl (C=O) groups is 1. The average molecular weight is 333 g/mol. The van der Waals surface area contributed by atoms with E-state index in [1.807, 2.05) is 6.07 Å². The third kappa shape index (κ3) is 1.69. The van der Waals surface area contributed by atoms with Crippen LogP contribution in [0.15, 0.2) is 30.3 Å². The third-order valence-electron chi connectivity index (χ3n) is 6.56. The Morgan fingerprint density at radius 2 is 2.04 bits per heavy atom. The molecule has 0 radical (unpaired) electrons. The normalized spacial score (nSPS) is 29.6. The highest BCUT2D eigenvalue weighted by Gasteiger charge is 2.51. The third-order valence-corrected chi connectivity index (χ3v) is 6.56. The molecule has 0 amide bonds. The minimum absolute atomic E-state index is 0.137. The van der Waals surface area contributed by atoms with Crippen LogP contribution in [-0.2, 0) is 0 Å². The molecule has 126 valence electrons. The molecule has 2 aliphatic heterocycles. The van der Waals surface area contributed by atoms with E-state index in [0.717, 1.165) is 23.5 Å². The maximum absolute atomic E-state index is 11.8. The van der Waals surface area contributed by atoms with Gasteiger partial charge in [0.1, 0.15) is 0 Å². The van der Waals surface area contributed by atoms with Crippen molar-refractivity contribution in [3.8, 4) is 11.5 Å². The molecule has 4 nitrogen and oxygen atoms in total. The van der Waals surface area contributed by atoms with Gasteiger partial charge in [-0.05, 0) is 72.9 Å². The lowest BCUT2D eigenvalue weighted by atomic mass is 9.74. The van der Waals surface area contributed by atoms with Crippen molar-refractivity contribution in [3.05, 3.63) is 52.6 Å². The van der Waals surface area contributed by atoms with Gasteiger partial charge in [0.05, 0.1) is 6.04 Å². The summed E-state index contributed by atoms with van der Waals surface area (Å²) in [5.74, 6) is 3.60. The first-order valence-electron chi connectivity index (χ1n) is 9.04. The van der Waals surface area contributed by atoms with Crippen LogP contribution >= 0.6 is 0 Å². The first kappa shape index (κ1) is 13.8. The van der Waals surface area contributed by atoms with Crippen molar-refractivity contribution >= 4 is 11.5 Å². The van der Waals surface area contributed by atoms with E-state index in [1.54, 1.807) is 6.92 Å². The van der Waals surface area contributed by atoms with Crippen LogP contribution in [0, 0.1) is 5.92 Å². The van der Waals surface area contributed by atoms with Gasteiger partial charge in [-0.3, -0.25) is 4.79 Å². The minimum atomic E-state index is 0.137. The second kappa shape index (κ2) is 4.57. The van der Waals surface area contributed by atoms with E-state index < -0.39 is 0 Å². The second-order valence-electron chi connectivity index (χ2n) is 7.72. The molecule has 25 heavy (non-hydrogen) atoms. The van der Waals surface area contributed by atoms with Crippen LogP contribution < -0.4 is 14.8 Å². The summed E-state index contributed by atoms with van der Waals surface area (Å²) in [4.78, 5) is 11.8. The topological polar surface area (TPSA) is 47.6 Å². The van der Waals surface area contributed by atoms with Gasteiger partial charge in [-0.1, -0.05) is 6.07 Å². The molecule has 1 saturated carbocycles. The van der Waals surface area contributed by atoms with Crippen molar-refractivity contribution in [1.82, 2.24) is 0 Å². The van der Waals surface area contributed by atoms with Gasteiger partial charge in [0, 0.05) is 16.8 Å². The summed E-state index contributed by atoms with van der Waals surface area (Å²) in [5.41, 5.74) is 6.04. The highest BCUT2D eigenvalue weighted by Crippen LogP contribution is 2.64. The number of fused-ring (bicyclic) bond motifs is 8. The molecule has 4 heteroatoms. The predicted molar refractivity (Wildman–Crippen MR) is 93.6 cm³/mol. The number of Topliss-reactive ketones (excluding diaryl/α,β-unsaturated/α-hetero) is 1. The van der Waals surface area contributed by atoms with Gasteiger partial charge in [0.2, 0.25) is 6.79 Å². The van der Waals surface area contributed by atoms with E-state index in [9.17, 15) is 4.79 Å². The number of hydrogen-bond acceptors (Lipinski definition) is 4. The molecule has 0 spiro atoms. The molecular weight excluding hydrogens is 314 g/mol. The summed E-state index contributed by atoms with van der Waals surface area (Å²) in [6.45, 7) is 1.97. The fourth-order valence-corrected chi connectivity index (χ4v) is 5.54. The van der Waals surface area contributed by atoms with Crippen LogP contribution in [0.2, 0.25) is 0 Å². The number of anilines is 1. The number of benzene rings is 2. The Hall–Kier alpha value is -2.49. The lowest BCUT2D eigenvalue weighted by molar-refractivity contribution is 0.101. The molecule has 0 saturated heterocycles. The van der Waals surface area contributed by atoms with Crippen LogP contribution in [0.25, 0.3) is 0 Å². The molecule has 2 aliphatic carbocycles. The first-order chi connectivity index (χ1) is 12.2. The van der Waals surface area contributed by atoms with Gasteiger partial charge < -0.3 is 14.8 Å². The Labute approximate surface area is 146 Å². The van der Waals surface area contributed by atoms with Crippen molar-refractivity contribution in [3.63, 3.8) is 0 Å². The van der Waals surface area contributed by atoms with Crippen LogP contribution in [0.4, 0.5) is 5.69 Å². The summed E-state index contributed by atoms with van der Waals surface area (Å²) in [5, 5.41) is 3.76.